The van der Waals surface area contributed by atoms with Crippen molar-refractivity contribution in [2.75, 3.05) is 0 Å². The van der Waals surface area contributed by atoms with Crippen molar-refractivity contribution < 1.29 is 10.2 Å². The van der Waals surface area contributed by atoms with Crippen LogP contribution in [0.1, 0.15) is 11.9 Å². The first kappa shape index (κ1) is 9.90. The highest BCUT2D eigenvalue weighted by molar-refractivity contribution is 5.62. The summed E-state index contributed by atoms with van der Waals surface area (Å²) in [4.78, 5) is 0. The SMILES string of the molecule is OC(O)c1ccc(-c2[c]cccc2)cc1. The van der Waals surface area contributed by atoms with Crippen molar-refractivity contribution in [1.29, 1.82) is 0 Å². The molecular formula is C13H11O2. The fourth-order valence-corrected chi connectivity index (χ4v) is 1.41. The van der Waals surface area contributed by atoms with Crippen molar-refractivity contribution in [3.8, 4) is 11.1 Å². The van der Waals surface area contributed by atoms with Crippen LogP contribution in [0.4, 0.5) is 0 Å². The lowest BCUT2D eigenvalue weighted by Gasteiger charge is -2.05. The van der Waals surface area contributed by atoms with Gasteiger partial charge in [-0.2, -0.15) is 0 Å². The molecule has 75 valence electrons. The van der Waals surface area contributed by atoms with E-state index in [1.807, 2.05) is 36.4 Å². The summed E-state index contributed by atoms with van der Waals surface area (Å²) in [6, 6.07) is 17.9. The third kappa shape index (κ3) is 2.24. The lowest BCUT2D eigenvalue weighted by molar-refractivity contribution is -0.0424. The molecule has 0 aliphatic rings. The molecular weight excluding hydrogens is 188 g/mol. The first-order valence-electron chi connectivity index (χ1n) is 4.70. The van der Waals surface area contributed by atoms with E-state index >= 15 is 0 Å². The Morgan fingerprint density at radius 2 is 1.67 bits per heavy atom. The van der Waals surface area contributed by atoms with Crippen molar-refractivity contribution in [3.05, 3.63) is 60.2 Å². The summed E-state index contributed by atoms with van der Waals surface area (Å²) in [5, 5.41) is 17.9. The molecule has 1 radical (unpaired) electrons. The van der Waals surface area contributed by atoms with Crippen LogP contribution in [-0.4, -0.2) is 10.2 Å². The summed E-state index contributed by atoms with van der Waals surface area (Å²) >= 11 is 0. The van der Waals surface area contributed by atoms with Gasteiger partial charge in [0.25, 0.3) is 0 Å². The number of aliphatic hydroxyl groups excluding tert-OH is 1. The highest BCUT2D eigenvalue weighted by Gasteiger charge is 2.02. The molecule has 0 aliphatic carbocycles. The Morgan fingerprint density at radius 3 is 2.20 bits per heavy atom. The van der Waals surface area contributed by atoms with E-state index < -0.39 is 6.29 Å². The van der Waals surface area contributed by atoms with E-state index in [1.165, 1.54) is 0 Å². The van der Waals surface area contributed by atoms with Gasteiger partial charge in [0.15, 0.2) is 6.29 Å². The number of hydrogen-bond donors (Lipinski definition) is 2. The highest BCUT2D eigenvalue weighted by Crippen LogP contribution is 2.20. The van der Waals surface area contributed by atoms with Gasteiger partial charge < -0.3 is 10.2 Å². The second-order valence-corrected chi connectivity index (χ2v) is 3.27. The van der Waals surface area contributed by atoms with E-state index in [2.05, 4.69) is 6.07 Å². The van der Waals surface area contributed by atoms with Gasteiger partial charge in [-0.3, -0.25) is 0 Å². The molecule has 2 aromatic carbocycles. The predicted molar refractivity (Wildman–Crippen MR) is 57.9 cm³/mol. The molecule has 0 amide bonds. The summed E-state index contributed by atoms with van der Waals surface area (Å²) in [5.74, 6) is 0. The van der Waals surface area contributed by atoms with Gasteiger partial charge in [0, 0.05) is 5.56 Å². The standard InChI is InChI=1S/C13H11O2/c14-13(15)12-8-6-11(7-9-12)10-4-2-1-3-5-10/h1-4,6-9,13-15H. The highest BCUT2D eigenvalue weighted by atomic mass is 16.5. The van der Waals surface area contributed by atoms with Crippen LogP contribution in [-0.2, 0) is 0 Å². The zero-order chi connectivity index (χ0) is 10.7. The Bertz CT molecular complexity index is 418. The van der Waals surface area contributed by atoms with E-state index in [0.717, 1.165) is 11.1 Å². The molecule has 2 aromatic rings. The van der Waals surface area contributed by atoms with Crippen molar-refractivity contribution in [1.82, 2.24) is 0 Å². The van der Waals surface area contributed by atoms with Crippen LogP contribution in [0.5, 0.6) is 0 Å². The fourth-order valence-electron chi connectivity index (χ4n) is 1.41. The fraction of sp³-hybridized carbons (Fsp3) is 0.0769. The molecule has 15 heavy (non-hydrogen) atoms. The van der Waals surface area contributed by atoms with Crippen molar-refractivity contribution >= 4 is 0 Å². The van der Waals surface area contributed by atoms with Gasteiger partial charge in [0.05, 0.1) is 0 Å². The van der Waals surface area contributed by atoms with Gasteiger partial charge >= 0.3 is 0 Å². The van der Waals surface area contributed by atoms with Gasteiger partial charge in [-0.05, 0) is 17.2 Å². The predicted octanol–water partition coefficient (Wildman–Crippen LogP) is 2.14. The first-order valence-corrected chi connectivity index (χ1v) is 4.70. The summed E-state index contributed by atoms with van der Waals surface area (Å²) in [7, 11) is 0. The van der Waals surface area contributed by atoms with Crippen LogP contribution >= 0.6 is 0 Å². The monoisotopic (exact) mass is 199 g/mol. The Morgan fingerprint density at radius 1 is 0.933 bits per heavy atom. The molecule has 0 heterocycles. The molecule has 0 atom stereocenters. The van der Waals surface area contributed by atoms with E-state index in [0.29, 0.717) is 5.56 Å². The molecule has 2 heteroatoms. The minimum atomic E-state index is -1.40. The average Bonchev–Trinajstić information content (AvgIpc) is 2.30. The molecule has 0 spiro atoms. The molecule has 2 rings (SSSR count). The molecule has 0 saturated carbocycles. The van der Waals surface area contributed by atoms with Crippen LogP contribution in [0.15, 0.2) is 48.5 Å². The second-order valence-electron chi connectivity index (χ2n) is 3.27. The zero-order valence-electron chi connectivity index (χ0n) is 8.09. The Labute approximate surface area is 88.4 Å². The quantitative estimate of drug-likeness (QED) is 0.727. The number of hydrogen-bond acceptors (Lipinski definition) is 2. The minimum Gasteiger partial charge on any atom is -0.364 e. The maximum atomic E-state index is 8.93. The smallest absolute Gasteiger partial charge is 0.178 e. The van der Waals surface area contributed by atoms with Gasteiger partial charge in [-0.15, -0.1) is 0 Å². The van der Waals surface area contributed by atoms with E-state index in [9.17, 15) is 0 Å². The van der Waals surface area contributed by atoms with Gasteiger partial charge in [-0.1, -0.05) is 48.5 Å². The number of benzene rings is 2. The molecule has 2 nitrogen and oxygen atoms in total. The van der Waals surface area contributed by atoms with Crippen LogP contribution in [0, 0.1) is 6.07 Å². The Kier molecular flexibility index (Phi) is 2.81. The van der Waals surface area contributed by atoms with E-state index in [-0.39, 0.29) is 0 Å². The first-order chi connectivity index (χ1) is 7.27. The van der Waals surface area contributed by atoms with Gasteiger partial charge in [-0.25, -0.2) is 0 Å². The van der Waals surface area contributed by atoms with Crippen molar-refractivity contribution in [2.24, 2.45) is 0 Å². The molecule has 0 fully saturated rings. The van der Waals surface area contributed by atoms with Crippen LogP contribution in [0.2, 0.25) is 0 Å². The van der Waals surface area contributed by atoms with Gasteiger partial charge in [0.2, 0.25) is 0 Å². The van der Waals surface area contributed by atoms with Gasteiger partial charge in [0.1, 0.15) is 0 Å². The minimum absolute atomic E-state index is 0.495. The summed E-state index contributed by atoms with van der Waals surface area (Å²) in [6.45, 7) is 0. The lowest BCUT2D eigenvalue weighted by atomic mass is 10.0. The second kappa shape index (κ2) is 4.26. The van der Waals surface area contributed by atoms with E-state index in [1.54, 1.807) is 12.1 Å². The third-order valence-corrected chi connectivity index (χ3v) is 2.23. The topological polar surface area (TPSA) is 40.5 Å². The normalized spacial score (nSPS) is 10.6. The van der Waals surface area contributed by atoms with Crippen molar-refractivity contribution in [3.63, 3.8) is 0 Å². The maximum Gasteiger partial charge on any atom is 0.178 e. The van der Waals surface area contributed by atoms with Crippen LogP contribution < -0.4 is 0 Å². The molecule has 2 N–H and O–H groups in total. The molecule has 0 aromatic heterocycles. The third-order valence-electron chi connectivity index (χ3n) is 2.23. The summed E-state index contributed by atoms with van der Waals surface area (Å²) in [6.07, 6.45) is -1.40. The molecule has 0 bridgehead atoms. The Balaban J connectivity index is 2.32. The van der Waals surface area contributed by atoms with Crippen LogP contribution in [0.3, 0.4) is 0 Å². The van der Waals surface area contributed by atoms with Crippen molar-refractivity contribution in [2.45, 2.75) is 6.29 Å². The largest absolute Gasteiger partial charge is 0.364 e. The van der Waals surface area contributed by atoms with Crippen LogP contribution in [0.25, 0.3) is 11.1 Å². The molecule has 0 aliphatic heterocycles. The average molecular weight is 199 g/mol. The summed E-state index contributed by atoms with van der Waals surface area (Å²) in [5.41, 5.74) is 2.51. The Hall–Kier alpha value is -1.64. The van der Waals surface area contributed by atoms with E-state index in [4.69, 9.17) is 10.2 Å². The molecule has 0 unspecified atom stereocenters. The maximum absolute atomic E-state index is 8.93. The molecule has 0 saturated heterocycles. The lowest BCUT2D eigenvalue weighted by Crippen LogP contribution is -1.93. The zero-order valence-corrected chi connectivity index (χ0v) is 8.09. The number of aliphatic hydroxyl groups is 2. The summed E-state index contributed by atoms with van der Waals surface area (Å²) < 4.78 is 0. The number of rotatable bonds is 2.